The molecular formula is C16H30N2. The number of nitrogens with one attached hydrogen (secondary N) is 1. The highest BCUT2D eigenvalue weighted by Gasteiger charge is 2.32. The van der Waals surface area contributed by atoms with E-state index in [1.54, 1.807) is 0 Å². The molecule has 104 valence electrons. The molecule has 0 aromatic heterocycles. The van der Waals surface area contributed by atoms with Gasteiger partial charge in [0.05, 0.1) is 0 Å². The van der Waals surface area contributed by atoms with Crippen molar-refractivity contribution < 1.29 is 0 Å². The smallest absolute Gasteiger partial charge is 0.00980 e. The Morgan fingerprint density at radius 3 is 2.72 bits per heavy atom. The molecule has 3 atom stereocenters. The molecule has 0 aromatic rings. The Morgan fingerprint density at radius 1 is 1.06 bits per heavy atom. The molecular weight excluding hydrogens is 220 g/mol. The lowest BCUT2D eigenvalue weighted by Crippen LogP contribution is -2.38. The van der Waals surface area contributed by atoms with E-state index in [9.17, 15) is 0 Å². The Balaban J connectivity index is 1.42. The molecule has 2 heteroatoms. The maximum absolute atomic E-state index is 3.72. The summed E-state index contributed by atoms with van der Waals surface area (Å²) in [5.74, 6) is 1.96. The summed E-state index contributed by atoms with van der Waals surface area (Å²) in [6.45, 7) is 6.41. The van der Waals surface area contributed by atoms with Gasteiger partial charge < -0.3 is 10.2 Å². The van der Waals surface area contributed by atoms with Gasteiger partial charge in [-0.2, -0.15) is 0 Å². The van der Waals surface area contributed by atoms with Crippen molar-refractivity contribution in [3.05, 3.63) is 0 Å². The summed E-state index contributed by atoms with van der Waals surface area (Å²) in [5, 5.41) is 3.72. The molecule has 3 unspecified atom stereocenters. The van der Waals surface area contributed by atoms with Crippen LogP contribution in [0.2, 0.25) is 0 Å². The molecule has 0 aromatic carbocycles. The van der Waals surface area contributed by atoms with Gasteiger partial charge in [-0.1, -0.05) is 26.2 Å². The van der Waals surface area contributed by atoms with Gasteiger partial charge in [0.25, 0.3) is 0 Å². The minimum Gasteiger partial charge on any atom is -0.314 e. The molecule has 0 amide bonds. The van der Waals surface area contributed by atoms with Crippen molar-refractivity contribution in [3.63, 3.8) is 0 Å². The van der Waals surface area contributed by atoms with Crippen molar-refractivity contribution in [2.24, 2.45) is 11.8 Å². The van der Waals surface area contributed by atoms with Gasteiger partial charge in [-0.15, -0.1) is 0 Å². The van der Waals surface area contributed by atoms with Crippen molar-refractivity contribution in [2.45, 2.75) is 70.4 Å². The van der Waals surface area contributed by atoms with Gasteiger partial charge in [0, 0.05) is 18.6 Å². The molecule has 3 aliphatic rings. The van der Waals surface area contributed by atoms with Crippen LogP contribution in [0, 0.1) is 11.8 Å². The second-order valence-corrected chi connectivity index (χ2v) is 6.93. The Labute approximate surface area is 113 Å². The molecule has 18 heavy (non-hydrogen) atoms. The van der Waals surface area contributed by atoms with Crippen molar-refractivity contribution >= 4 is 0 Å². The average Bonchev–Trinajstić information content (AvgIpc) is 3.13. The first kappa shape index (κ1) is 12.9. The van der Waals surface area contributed by atoms with E-state index in [1.807, 2.05) is 0 Å². The number of likely N-dealkylation sites (tertiary alicyclic amines) is 1. The molecule has 0 spiro atoms. The maximum Gasteiger partial charge on any atom is 0.00980 e. The van der Waals surface area contributed by atoms with Crippen LogP contribution in [0.15, 0.2) is 0 Å². The lowest BCUT2D eigenvalue weighted by molar-refractivity contribution is 0.150. The minimum absolute atomic E-state index is 0.887. The van der Waals surface area contributed by atoms with Crippen LogP contribution in [0.5, 0.6) is 0 Å². The van der Waals surface area contributed by atoms with E-state index in [-0.39, 0.29) is 0 Å². The SMILES string of the molecule is CCC1CCCC(N2CCC(CNC3CC3)C2)C1. The Kier molecular flexibility index (Phi) is 4.25. The summed E-state index contributed by atoms with van der Waals surface area (Å²) < 4.78 is 0. The first-order chi connectivity index (χ1) is 8.85. The summed E-state index contributed by atoms with van der Waals surface area (Å²) >= 11 is 0. The fourth-order valence-electron chi connectivity index (χ4n) is 3.95. The zero-order chi connectivity index (χ0) is 12.4. The molecule has 3 fully saturated rings. The molecule has 1 N–H and O–H groups in total. The molecule has 2 saturated carbocycles. The normalized spacial score (nSPS) is 38.2. The minimum atomic E-state index is 0.887. The highest BCUT2D eigenvalue weighted by atomic mass is 15.2. The predicted molar refractivity (Wildman–Crippen MR) is 76.7 cm³/mol. The van der Waals surface area contributed by atoms with E-state index < -0.39 is 0 Å². The lowest BCUT2D eigenvalue weighted by Gasteiger charge is -2.35. The molecule has 1 saturated heterocycles. The number of nitrogens with zero attached hydrogens (tertiary/aromatic N) is 1. The summed E-state index contributed by atoms with van der Waals surface area (Å²) in [7, 11) is 0. The van der Waals surface area contributed by atoms with Gasteiger partial charge in [0.2, 0.25) is 0 Å². The standard InChI is InChI=1S/C16H30N2/c1-2-13-4-3-5-16(10-13)18-9-8-14(12-18)11-17-15-6-7-15/h13-17H,2-12H2,1H3. The third kappa shape index (κ3) is 3.27. The van der Waals surface area contributed by atoms with Crippen molar-refractivity contribution in [1.82, 2.24) is 10.2 Å². The molecule has 2 aliphatic carbocycles. The van der Waals surface area contributed by atoms with Crippen molar-refractivity contribution in [1.29, 1.82) is 0 Å². The van der Waals surface area contributed by atoms with Gasteiger partial charge in [-0.25, -0.2) is 0 Å². The monoisotopic (exact) mass is 250 g/mol. The summed E-state index contributed by atoms with van der Waals surface area (Å²) in [4.78, 5) is 2.82. The van der Waals surface area contributed by atoms with Crippen molar-refractivity contribution in [2.75, 3.05) is 19.6 Å². The summed E-state index contributed by atoms with van der Waals surface area (Å²) in [5.41, 5.74) is 0. The third-order valence-corrected chi connectivity index (χ3v) is 5.44. The topological polar surface area (TPSA) is 15.3 Å². The van der Waals surface area contributed by atoms with Crippen LogP contribution in [-0.2, 0) is 0 Å². The molecule has 1 aliphatic heterocycles. The first-order valence-corrected chi connectivity index (χ1v) is 8.32. The fraction of sp³-hybridized carbons (Fsp3) is 1.00. The zero-order valence-corrected chi connectivity index (χ0v) is 12.0. The Bertz CT molecular complexity index is 262. The molecule has 0 bridgehead atoms. The van der Waals surface area contributed by atoms with Gasteiger partial charge in [-0.3, -0.25) is 0 Å². The molecule has 0 radical (unpaired) electrons. The highest BCUT2D eigenvalue weighted by Crippen LogP contribution is 2.32. The van der Waals surface area contributed by atoms with Crippen molar-refractivity contribution in [3.8, 4) is 0 Å². The van der Waals surface area contributed by atoms with Crippen LogP contribution < -0.4 is 5.32 Å². The van der Waals surface area contributed by atoms with Crippen LogP contribution in [-0.4, -0.2) is 36.6 Å². The summed E-state index contributed by atoms with van der Waals surface area (Å²) in [6, 6.07) is 1.81. The largest absolute Gasteiger partial charge is 0.314 e. The number of rotatable bonds is 5. The first-order valence-electron chi connectivity index (χ1n) is 8.32. The number of hydrogen-bond donors (Lipinski definition) is 1. The van der Waals surface area contributed by atoms with Gasteiger partial charge in [0.1, 0.15) is 0 Å². The van der Waals surface area contributed by atoms with E-state index in [2.05, 4.69) is 17.1 Å². The lowest BCUT2D eigenvalue weighted by atomic mass is 9.83. The zero-order valence-electron chi connectivity index (χ0n) is 12.0. The third-order valence-electron chi connectivity index (χ3n) is 5.44. The number of hydrogen-bond acceptors (Lipinski definition) is 2. The quantitative estimate of drug-likeness (QED) is 0.807. The summed E-state index contributed by atoms with van der Waals surface area (Å²) in [6.07, 6.45) is 11.6. The Morgan fingerprint density at radius 2 is 1.94 bits per heavy atom. The van der Waals surface area contributed by atoms with E-state index in [1.165, 1.54) is 71.0 Å². The molecule has 2 nitrogen and oxygen atoms in total. The fourth-order valence-corrected chi connectivity index (χ4v) is 3.95. The van der Waals surface area contributed by atoms with Crippen LogP contribution in [0.3, 0.4) is 0 Å². The van der Waals surface area contributed by atoms with E-state index in [0.29, 0.717) is 0 Å². The Hall–Kier alpha value is -0.0800. The van der Waals surface area contributed by atoms with Gasteiger partial charge in [-0.05, 0) is 57.0 Å². The molecule has 1 heterocycles. The molecule has 3 rings (SSSR count). The predicted octanol–water partition coefficient (Wildman–Crippen LogP) is 3.03. The average molecular weight is 250 g/mol. The van der Waals surface area contributed by atoms with E-state index in [4.69, 9.17) is 0 Å². The van der Waals surface area contributed by atoms with Crippen LogP contribution in [0.25, 0.3) is 0 Å². The highest BCUT2D eigenvalue weighted by molar-refractivity contribution is 4.88. The van der Waals surface area contributed by atoms with E-state index >= 15 is 0 Å². The van der Waals surface area contributed by atoms with Crippen LogP contribution >= 0.6 is 0 Å². The second kappa shape index (κ2) is 5.92. The van der Waals surface area contributed by atoms with Gasteiger partial charge >= 0.3 is 0 Å². The second-order valence-electron chi connectivity index (χ2n) is 6.93. The van der Waals surface area contributed by atoms with Crippen LogP contribution in [0.4, 0.5) is 0 Å². The maximum atomic E-state index is 3.72. The van der Waals surface area contributed by atoms with Crippen LogP contribution in [0.1, 0.15) is 58.3 Å². The van der Waals surface area contributed by atoms with Gasteiger partial charge in [0.15, 0.2) is 0 Å². The van der Waals surface area contributed by atoms with E-state index in [0.717, 1.165) is 23.9 Å².